The van der Waals surface area contributed by atoms with Crippen LogP contribution in [0, 0.1) is 0 Å². The summed E-state index contributed by atoms with van der Waals surface area (Å²) in [6.07, 6.45) is 8.75. The Bertz CT molecular complexity index is 924. The smallest absolute Gasteiger partial charge is 0.225 e. The van der Waals surface area contributed by atoms with Crippen LogP contribution in [0.4, 0.5) is 0 Å². The fourth-order valence-corrected chi connectivity index (χ4v) is 4.21. The van der Waals surface area contributed by atoms with Gasteiger partial charge in [0.2, 0.25) is 5.88 Å². The number of hydrogen-bond donors (Lipinski definition) is 1. The Morgan fingerprint density at radius 3 is 2.59 bits per heavy atom. The fraction of sp³-hybridized carbons (Fsp3) is 0.478. The van der Waals surface area contributed by atoms with Crippen molar-refractivity contribution in [2.75, 3.05) is 0 Å². The normalized spacial score (nSPS) is 14.8. The topological polar surface area (TPSA) is 76.6 Å². The summed E-state index contributed by atoms with van der Waals surface area (Å²) in [4.78, 5) is 5.05. The molecule has 0 unspecified atom stereocenters. The molecule has 0 saturated carbocycles. The minimum atomic E-state index is 0.134. The van der Waals surface area contributed by atoms with Gasteiger partial charge < -0.3 is 4.74 Å². The molecule has 152 valence electrons. The summed E-state index contributed by atoms with van der Waals surface area (Å²) in [5.41, 5.74) is 5.69. The molecule has 0 radical (unpaired) electrons. The van der Waals surface area contributed by atoms with Crippen molar-refractivity contribution >= 4 is 0 Å². The van der Waals surface area contributed by atoms with Gasteiger partial charge in [0.05, 0.1) is 5.56 Å². The highest BCUT2D eigenvalue weighted by molar-refractivity contribution is 5.86. The first-order valence-electron chi connectivity index (χ1n) is 10.8. The van der Waals surface area contributed by atoms with E-state index in [-0.39, 0.29) is 6.10 Å². The van der Waals surface area contributed by atoms with Crippen LogP contribution in [0.25, 0.3) is 22.5 Å². The van der Waals surface area contributed by atoms with Crippen molar-refractivity contribution in [2.24, 2.45) is 0 Å². The SMILES string of the molecule is CCC[C@@H](CC)Oc1nc2c(c(-c3ccccc3)c1-c1nnn[nH]1)CCCCC2. The third kappa shape index (κ3) is 4.16. The van der Waals surface area contributed by atoms with Crippen LogP contribution in [0.5, 0.6) is 5.88 Å². The molecule has 3 aromatic rings. The van der Waals surface area contributed by atoms with E-state index in [1.165, 1.54) is 30.5 Å². The van der Waals surface area contributed by atoms with Gasteiger partial charge in [0.25, 0.3) is 0 Å². The second-order valence-corrected chi connectivity index (χ2v) is 7.71. The lowest BCUT2D eigenvalue weighted by molar-refractivity contribution is 0.178. The molecule has 1 aliphatic carbocycles. The Labute approximate surface area is 172 Å². The zero-order valence-electron chi connectivity index (χ0n) is 17.3. The second-order valence-electron chi connectivity index (χ2n) is 7.71. The summed E-state index contributed by atoms with van der Waals surface area (Å²) < 4.78 is 6.50. The molecule has 6 nitrogen and oxygen atoms in total. The number of H-pyrrole nitrogens is 1. The number of rotatable bonds is 7. The van der Waals surface area contributed by atoms with Crippen LogP contribution in [0.15, 0.2) is 30.3 Å². The number of aromatic nitrogens is 5. The van der Waals surface area contributed by atoms with Gasteiger partial charge in [-0.05, 0) is 60.1 Å². The Kier molecular flexibility index (Phi) is 6.17. The molecule has 0 amide bonds. The molecule has 0 spiro atoms. The molecule has 1 atom stereocenters. The van der Waals surface area contributed by atoms with Crippen molar-refractivity contribution in [1.29, 1.82) is 0 Å². The molecule has 1 aromatic carbocycles. The first kappa shape index (κ1) is 19.6. The summed E-state index contributed by atoms with van der Waals surface area (Å²) in [7, 11) is 0. The minimum absolute atomic E-state index is 0.134. The maximum atomic E-state index is 6.50. The average molecular weight is 392 g/mol. The maximum Gasteiger partial charge on any atom is 0.225 e. The zero-order chi connectivity index (χ0) is 20.1. The number of ether oxygens (including phenoxy) is 1. The number of pyridine rings is 1. The third-order valence-electron chi connectivity index (χ3n) is 5.68. The molecule has 1 aliphatic rings. The number of aromatic amines is 1. The fourth-order valence-electron chi connectivity index (χ4n) is 4.21. The van der Waals surface area contributed by atoms with Crippen molar-refractivity contribution in [3.8, 4) is 28.4 Å². The van der Waals surface area contributed by atoms with Crippen molar-refractivity contribution in [3.05, 3.63) is 41.6 Å². The number of nitrogens with one attached hydrogen (secondary N) is 1. The van der Waals surface area contributed by atoms with E-state index in [0.717, 1.165) is 48.8 Å². The van der Waals surface area contributed by atoms with Gasteiger partial charge >= 0.3 is 0 Å². The lowest BCUT2D eigenvalue weighted by Crippen LogP contribution is -2.18. The van der Waals surface area contributed by atoms with E-state index in [1.807, 2.05) is 6.07 Å². The van der Waals surface area contributed by atoms with Crippen LogP contribution < -0.4 is 4.74 Å². The number of fused-ring (bicyclic) bond motifs is 1. The molecule has 0 saturated heterocycles. The average Bonchev–Trinajstić information content (AvgIpc) is 3.18. The van der Waals surface area contributed by atoms with E-state index in [0.29, 0.717) is 11.7 Å². The highest BCUT2D eigenvalue weighted by Crippen LogP contribution is 2.42. The van der Waals surface area contributed by atoms with Gasteiger partial charge in [0.15, 0.2) is 5.82 Å². The van der Waals surface area contributed by atoms with Crippen LogP contribution in [-0.4, -0.2) is 31.7 Å². The van der Waals surface area contributed by atoms with Crippen LogP contribution in [0.2, 0.25) is 0 Å². The highest BCUT2D eigenvalue weighted by atomic mass is 16.5. The van der Waals surface area contributed by atoms with Gasteiger partial charge in [0.1, 0.15) is 6.10 Å². The van der Waals surface area contributed by atoms with Gasteiger partial charge in [-0.25, -0.2) is 10.1 Å². The van der Waals surface area contributed by atoms with E-state index in [1.54, 1.807) is 0 Å². The van der Waals surface area contributed by atoms with Crippen molar-refractivity contribution in [2.45, 2.75) is 71.3 Å². The molecule has 2 aromatic heterocycles. The van der Waals surface area contributed by atoms with Gasteiger partial charge in [-0.15, -0.1) is 5.10 Å². The Morgan fingerprint density at radius 1 is 1.03 bits per heavy atom. The first-order chi connectivity index (χ1) is 14.3. The van der Waals surface area contributed by atoms with Crippen molar-refractivity contribution < 1.29 is 4.74 Å². The molecule has 0 bridgehead atoms. The van der Waals surface area contributed by atoms with E-state index in [4.69, 9.17) is 9.72 Å². The molecule has 29 heavy (non-hydrogen) atoms. The molecule has 1 N–H and O–H groups in total. The third-order valence-corrected chi connectivity index (χ3v) is 5.68. The Morgan fingerprint density at radius 2 is 1.86 bits per heavy atom. The number of benzene rings is 1. The summed E-state index contributed by atoms with van der Waals surface area (Å²) in [5, 5.41) is 14.9. The van der Waals surface area contributed by atoms with Crippen LogP contribution >= 0.6 is 0 Å². The number of aryl methyl sites for hydroxylation is 1. The molecule has 2 heterocycles. The molecule has 0 aliphatic heterocycles. The zero-order valence-corrected chi connectivity index (χ0v) is 17.3. The van der Waals surface area contributed by atoms with Gasteiger partial charge in [-0.3, -0.25) is 0 Å². The predicted molar refractivity (Wildman–Crippen MR) is 114 cm³/mol. The standard InChI is InChI=1S/C23H29N5O/c1-3-11-17(4-2)29-23-21(22-25-27-28-26-22)20(16-12-7-5-8-13-16)18-14-9-6-10-15-19(18)24-23/h5,7-8,12-13,17H,3-4,6,9-11,14-15H2,1-2H3,(H,25,26,27,28)/t17-/m1/s1. The molecular weight excluding hydrogens is 362 g/mol. The lowest BCUT2D eigenvalue weighted by atomic mass is 9.91. The summed E-state index contributed by atoms with van der Waals surface area (Å²) in [5.74, 6) is 1.27. The largest absolute Gasteiger partial charge is 0.474 e. The van der Waals surface area contributed by atoms with Crippen LogP contribution in [0.3, 0.4) is 0 Å². The van der Waals surface area contributed by atoms with E-state index in [9.17, 15) is 0 Å². The second kappa shape index (κ2) is 9.16. The van der Waals surface area contributed by atoms with E-state index >= 15 is 0 Å². The van der Waals surface area contributed by atoms with Gasteiger partial charge in [0, 0.05) is 11.3 Å². The monoisotopic (exact) mass is 391 g/mol. The summed E-state index contributed by atoms with van der Waals surface area (Å²) in [6, 6.07) is 10.5. The minimum Gasteiger partial charge on any atom is -0.474 e. The molecular formula is C23H29N5O. The first-order valence-corrected chi connectivity index (χ1v) is 10.8. The van der Waals surface area contributed by atoms with Gasteiger partial charge in [-0.1, -0.05) is 57.0 Å². The molecule has 4 rings (SSSR count). The number of tetrazole rings is 1. The summed E-state index contributed by atoms with van der Waals surface area (Å²) >= 11 is 0. The number of nitrogens with zero attached hydrogens (tertiary/aromatic N) is 4. The summed E-state index contributed by atoms with van der Waals surface area (Å²) in [6.45, 7) is 4.35. The van der Waals surface area contributed by atoms with Crippen molar-refractivity contribution in [1.82, 2.24) is 25.6 Å². The van der Waals surface area contributed by atoms with Crippen LogP contribution in [0.1, 0.15) is 63.6 Å². The van der Waals surface area contributed by atoms with Crippen molar-refractivity contribution in [3.63, 3.8) is 0 Å². The predicted octanol–water partition coefficient (Wildman–Crippen LogP) is 5.16. The highest BCUT2D eigenvalue weighted by Gasteiger charge is 2.27. The van der Waals surface area contributed by atoms with E-state index in [2.05, 4.69) is 58.7 Å². The maximum absolute atomic E-state index is 6.50. The quantitative estimate of drug-likeness (QED) is 0.563. The molecule has 0 fully saturated rings. The lowest BCUT2D eigenvalue weighted by Gasteiger charge is -2.23. The van der Waals surface area contributed by atoms with Crippen LogP contribution in [-0.2, 0) is 12.8 Å². The number of hydrogen-bond acceptors (Lipinski definition) is 5. The Balaban J connectivity index is 1.96. The molecule has 6 heteroatoms. The Hall–Kier alpha value is -2.76. The van der Waals surface area contributed by atoms with Gasteiger partial charge in [-0.2, -0.15) is 0 Å². The van der Waals surface area contributed by atoms with E-state index < -0.39 is 0 Å².